The van der Waals surface area contributed by atoms with Crippen molar-refractivity contribution in [3.63, 3.8) is 0 Å². The fraction of sp³-hybridized carbons (Fsp3) is 0.583. The van der Waals surface area contributed by atoms with Gasteiger partial charge in [-0.3, -0.25) is 0 Å². The highest BCUT2D eigenvalue weighted by molar-refractivity contribution is 5.18. The number of hydrogen-bond acceptors (Lipinski definition) is 2. The van der Waals surface area contributed by atoms with E-state index in [1.165, 1.54) is 12.1 Å². The van der Waals surface area contributed by atoms with Crippen molar-refractivity contribution in [1.82, 2.24) is 14.9 Å². The van der Waals surface area contributed by atoms with E-state index in [0.717, 1.165) is 13.1 Å². The van der Waals surface area contributed by atoms with Crippen LogP contribution in [0.2, 0.25) is 0 Å². The first-order valence-electron chi connectivity index (χ1n) is 5.53. The zero-order valence-electron chi connectivity index (χ0n) is 9.53. The number of nitrogens with one attached hydrogen (secondary N) is 1. The van der Waals surface area contributed by atoms with E-state index in [2.05, 4.69) is 35.3 Å². The van der Waals surface area contributed by atoms with Crippen LogP contribution in [0, 0.1) is 0 Å². The summed E-state index contributed by atoms with van der Waals surface area (Å²) in [5.74, 6) is 0. The van der Waals surface area contributed by atoms with Gasteiger partial charge >= 0.3 is 0 Å². The molecule has 1 aromatic heterocycles. The number of allylic oxidation sites excluding steroid dienone is 1. The van der Waals surface area contributed by atoms with Gasteiger partial charge in [0.1, 0.15) is 0 Å². The number of rotatable bonds is 3. The Labute approximate surface area is 91.2 Å². The summed E-state index contributed by atoms with van der Waals surface area (Å²) in [5, 5.41) is 3.42. The number of aromatic nitrogens is 2. The summed E-state index contributed by atoms with van der Waals surface area (Å²) in [7, 11) is 0. The van der Waals surface area contributed by atoms with Crippen LogP contribution in [0.15, 0.2) is 25.2 Å². The molecule has 2 atom stereocenters. The minimum atomic E-state index is 0.230. The van der Waals surface area contributed by atoms with Crippen LogP contribution in [0.25, 0.3) is 0 Å². The smallest absolute Gasteiger partial charge is 0.0953 e. The van der Waals surface area contributed by atoms with Gasteiger partial charge in [0.25, 0.3) is 0 Å². The van der Waals surface area contributed by atoms with E-state index in [1.807, 2.05) is 18.6 Å². The molecule has 0 saturated carbocycles. The first-order chi connectivity index (χ1) is 7.17. The predicted molar refractivity (Wildman–Crippen MR) is 62.0 cm³/mol. The minimum Gasteiger partial charge on any atom is -0.327 e. The van der Waals surface area contributed by atoms with Crippen LogP contribution in [-0.4, -0.2) is 22.6 Å². The van der Waals surface area contributed by atoms with Gasteiger partial charge in [-0.25, -0.2) is 4.98 Å². The Morgan fingerprint density at radius 2 is 2.53 bits per heavy atom. The van der Waals surface area contributed by atoms with E-state index in [1.54, 1.807) is 0 Å². The second kappa shape index (κ2) is 3.81. The lowest BCUT2D eigenvalue weighted by Crippen LogP contribution is -2.28. The maximum absolute atomic E-state index is 4.27. The average molecular weight is 205 g/mol. The molecule has 0 amide bonds. The van der Waals surface area contributed by atoms with E-state index in [4.69, 9.17) is 0 Å². The fourth-order valence-electron chi connectivity index (χ4n) is 2.25. The zero-order chi connectivity index (χ0) is 10.9. The van der Waals surface area contributed by atoms with Crippen LogP contribution < -0.4 is 5.32 Å². The summed E-state index contributed by atoms with van der Waals surface area (Å²) in [5.41, 5.74) is 1.55. The maximum Gasteiger partial charge on any atom is 0.0953 e. The normalized spacial score (nSPS) is 27.9. The van der Waals surface area contributed by atoms with Gasteiger partial charge < -0.3 is 9.88 Å². The van der Waals surface area contributed by atoms with Crippen LogP contribution in [0.4, 0.5) is 0 Å². The molecular weight excluding hydrogens is 186 g/mol. The van der Waals surface area contributed by atoms with Crippen molar-refractivity contribution >= 4 is 0 Å². The molecular formula is C12H19N3. The molecule has 2 rings (SSSR count). The Hall–Kier alpha value is -1.09. The third-order valence-electron chi connectivity index (χ3n) is 3.43. The lowest BCUT2D eigenvalue weighted by atomic mass is 9.86. The topological polar surface area (TPSA) is 29.9 Å². The molecule has 2 heterocycles. The molecule has 3 nitrogen and oxygen atoms in total. The van der Waals surface area contributed by atoms with Crippen molar-refractivity contribution in [3.8, 4) is 0 Å². The summed E-state index contributed by atoms with van der Waals surface area (Å²) in [6.07, 6.45) is 7.04. The zero-order valence-corrected chi connectivity index (χ0v) is 9.53. The van der Waals surface area contributed by atoms with Crippen LogP contribution in [-0.2, 0) is 5.41 Å². The maximum atomic E-state index is 4.27. The molecule has 0 aliphatic carbocycles. The second-order valence-corrected chi connectivity index (χ2v) is 4.65. The molecule has 1 aromatic rings. The molecule has 0 spiro atoms. The quantitative estimate of drug-likeness (QED) is 0.764. The van der Waals surface area contributed by atoms with Gasteiger partial charge in [-0.05, 0) is 19.9 Å². The van der Waals surface area contributed by atoms with E-state index < -0.39 is 0 Å². The lowest BCUT2D eigenvalue weighted by molar-refractivity contribution is 0.464. The molecule has 1 fully saturated rings. The summed E-state index contributed by atoms with van der Waals surface area (Å²) in [6, 6.07) is 0.319. The molecule has 1 N–H and O–H groups in total. The fourth-order valence-corrected chi connectivity index (χ4v) is 2.25. The van der Waals surface area contributed by atoms with Crippen LogP contribution in [0.5, 0.6) is 0 Å². The molecule has 82 valence electrons. The third kappa shape index (κ3) is 1.72. The average Bonchev–Trinajstić information content (AvgIpc) is 2.85. The molecule has 0 aromatic carbocycles. The molecule has 0 bridgehead atoms. The largest absolute Gasteiger partial charge is 0.327 e. The standard InChI is InChI=1S/C12H19N3/c1-4-10(2)15-9-14-7-11(15)12(3)5-6-13-8-12/h4,7,9-10,13H,1,5-6,8H2,2-3H3. The van der Waals surface area contributed by atoms with E-state index in [-0.39, 0.29) is 5.41 Å². The third-order valence-corrected chi connectivity index (χ3v) is 3.43. The molecule has 15 heavy (non-hydrogen) atoms. The monoisotopic (exact) mass is 205 g/mol. The molecule has 2 unspecified atom stereocenters. The number of imidazole rings is 1. The summed E-state index contributed by atoms with van der Waals surface area (Å²) in [6.45, 7) is 10.4. The van der Waals surface area contributed by atoms with Gasteiger partial charge in [-0.1, -0.05) is 13.0 Å². The summed E-state index contributed by atoms with van der Waals surface area (Å²) >= 11 is 0. The second-order valence-electron chi connectivity index (χ2n) is 4.65. The molecule has 1 aliphatic rings. The lowest BCUT2D eigenvalue weighted by Gasteiger charge is -2.26. The SMILES string of the molecule is C=CC(C)n1cncc1C1(C)CCNC1. The van der Waals surface area contributed by atoms with Gasteiger partial charge in [0.15, 0.2) is 0 Å². The van der Waals surface area contributed by atoms with Gasteiger partial charge in [0.2, 0.25) is 0 Å². The van der Waals surface area contributed by atoms with Gasteiger partial charge in [-0.15, -0.1) is 6.58 Å². The predicted octanol–water partition coefficient (Wildman–Crippen LogP) is 1.88. The Morgan fingerprint density at radius 1 is 1.73 bits per heavy atom. The Bertz CT molecular complexity index is 348. The van der Waals surface area contributed by atoms with Crippen molar-refractivity contribution in [1.29, 1.82) is 0 Å². The first-order valence-corrected chi connectivity index (χ1v) is 5.53. The van der Waals surface area contributed by atoms with Crippen LogP contribution >= 0.6 is 0 Å². The summed E-state index contributed by atoms with van der Waals surface area (Å²) in [4.78, 5) is 4.27. The first kappa shape index (κ1) is 10.4. The van der Waals surface area contributed by atoms with Gasteiger partial charge in [0, 0.05) is 29.9 Å². The van der Waals surface area contributed by atoms with Crippen molar-refractivity contribution < 1.29 is 0 Å². The molecule has 3 heteroatoms. The summed E-state index contributed by atoms with van der Waals surface area (Å²) < 4.78 is 2.22. The highest BCUT2D eigenvalue weighted by Gasteiger charge is 2.33. The van der Waals surface area contributed by atoms with Crippen molar-refractivity contribution in [2.75, 3.05) is 13.1 Å². The highest BCUT2D eigenvalue weighted by atomic mass is 15.1. The number of nitrogens with zero attached hydrogens (tertiary/aromatic N) is 2. The Morgan fingerprint density at radius 3 is 3.13 bits per heavy atom. The van der Waals surface area contributed by atoms with Gasteiger partial charge in [-0.2, -0.15) is 0 Å². The van der Waals surface area contributed by atoms with Gasteiger partial charge in [0.05, 0.1) is 6.33 Å². The van der Waals surface area contributed by atoms with Crippen LogP contribution in [0.1, 0.15) is 32.0 Å². The van der Waals surface area contributed by atoms with E-state index in [0.29, 0.717) is 6.04 Å². The van der Waals surface area contributed by atoms with E-state index >= 15 is 0 Å². The molecule has 1 aliphatic heterocycles. The number of hydrogen-bond donors (Lipinski definition) is 1. The van der Waals surface area contributed by atoms with Crippen molar-refractivity contribution in [2.45, 2.75) is 31.7 Å². The van der Waals surface area contributed by atoms with Crippen molar-refractivity contribution in [3.05, 3.63) is 30.9 Å². The Kier molecular flexibility index (Phi) is 2.65. The molecule has 1 saturated heterocycles. The molecule has 0 radical (unpaired) electrons. The minimum absolute atomic E-state index is 0.230. The van der Waals surface area contributed by atoms with Crippen LogP contribution in [0.3, 0.4) is 0 Å². The highest BCUT2D eigenvalue weighted by Crippen LogP contribution is 2.31. The van der Waals surface area contributed by atoms with E-state index in [9.17, 15) is 0 Å². The Balaban J connectivity index is 2.35. The van der Waals surface area contributed by atoms with Crippen molar-refractivity contribution in [2.24, 2.45) is 0 Å².